The van der Waals surface area contributed by atoms with Gasteiger partial charge in [0.25, 0.3) is 0 Å². The molecule has 0 bridgehead atoms. The normalized spacial score (nSPS) is 10.1. The molecule has 66 valence electrons. The molecule has 1 rings (SSSR count). The molecule has 0 aromatic carbocycles. The van der Waals surface area contributed by atoms with Gasteiger partial charge in [-0.15, -0.1) is 0 Å². The molecule has 0 aliphatic carbocycles. The van der Waals surface area contributed by atoms with Gasteiger partial charge in [0.1, 0.15) is 5.76 Å². The molecule has 1 aromatic rings. The molecule has 0 amide bonds. The summed E-state index contributed by atoms with van der Waals surface area (Å²) in [5.74, 6) is 0.906. The Hall–Kier alpha value is -0.970. The zero-order valence-corrected chi connectivity index (χ0v) is 7.43. The predicted molar refractivity (Wildman–Crippen MR) is 45.3 cm³/mol. The highest BCUT2D eigenvalue weighted by molar-refractivity contribution is 7.98. The van der Waals surface area contributed by atoms with Crippen molar-refractivity contribution in [3.05, 3.63) is 17.8 Å². The number of rotatable bonds is 4. The SMILES string of the molecule is CCSCc1cnc(C(=O)O)o1. The lowest BCUT2D eigenvalue weighted by molar-refractivity contribution is 0.0652. The van der Waals surface area contributed by atoms with Crippen molar-refractivity contribution >= 4 is 17.7 Å². The van der Waals surface area contributed by atoms with E-state index in [0.29, 0.717) is 11.5 Å². The van der Waals surface area contributed by atoms with Gasteiger partial charge in [0.15, 0.2) is 0 Å². The van der Waals surface area contributed by atoms with Gasteiger partial charge in [-0.3, -0.25) is 0 Å². The van der Waals surface area contributed by atoms with Crippen LogP contribution in [0.4, 0.5) is 0 Å². The lowest BCUT2D eigenvalue weighted by atomic mass is 10.6. The van der Waals surface area contributed by atoms with Gasteiger partial charge in [0.05, 0.1) is 11.9 Å². The van der Waals surface area contributed by atoms with Crippen molar-refractivity contribution in [2.24, 2.45) is 0 Å². The zero-order chi connectivity index (χ0) is 8.97. The van der Waals surface area contributed by atoms with E-state index >= 15 is 0 Å². The Labute approximate surface area is 74.0 Å². The summed E-state index contributed by atoms with van der Waals surface area (Å²) >= 11 is 1.66. The quantitative estimate of drug-likeness (QED) is 0.776. The summed E-state index contributed by atoms with van der Waals surface area (Å²) in [7, 11) is 0. The minimum absolute atomic E-state index is 0.235. The summed E-state index contributed by atoms with van der Waals surface area (Å²) in [6.07, 6.45) is 1.45. The molecule has 0 spiro atoms. The van der Waals surface area contributed by atoms with Crippen molar-refractivity contribution in [2.75, 3.05) is 5.75 Å². The van der Waals surface area contributed by atoms with E-state index in [0.717, 1.165) is 5.75 Å². The van der Waals surface area contributed by atoms with Crippen LogP contribution in [-0.4, -0.2) is 21.8 Å². The fourth-order valence-corrected chi connectivity index (χ4v) is 1.21. The number of oxazole rings is 1. The van der Waals surface area contributed by atoms with E-state index in [1.54, 1.807) is 11.8 Å². The van der Waals surface area contributed by atoms with Gasteiger partial charge in [-0.05, 0) is 5.75 Å². The molecule has 0 aliphatic rings. The Kier molecular flexibility index (Phi) is 3.16. The first-order valence-corrected chi connectivity index (χ1v) is 4.65. The van der Waals surface area contributed by atoms with E-state index < -0.39 is 5.97 Å². The molecule has 0 aliphatic heterocycles. The van der Waals surface area contributed by atoms with Crippen LogP contribution in [0.2, 0.25) is 0 Å². The minimum atomic E-state index is -1.12. The zero-order valence-electron chi connectivity index (χ0n) is 6.61. The van der Waals surface area contributed by atoms with Gasteiger partial charge in [-0.1, -0.05) is 6.92 Å². The number of hydrogen-bond donors (Lipinski definition) is 1. The van der Waals surface area contributed by atoms with E-state index in [4.69, 9.17) is 9.52 Å². The smallest absolute Gasteiger partial charge is 0.392 e. The van der Waals surface area contributed by atoms with Gasteiger partial charge in [0.2, 0.25) is 0 Å². The van der Waals surface area contributed by atoms with E-state index in [1.807, 2.05) is 6.92 Å². The standard InChI is InChI=1S/C7H9NO3S/c1-2-12-4-5-3-8-6(11-5)7(9)10/h3H,2,4H2,1H3,(H,9,10). The number of aromatic nitrogens is 1. The fraction of sp³-hybridized carbons (Fsp3) is 0.429. The van der Waals surface area contributed by atoms with Crippen LogP contribution in [0.25, 0.3) is 0 Å². The second-order valence-electron chi connectivity index (χ2n) is 2.07. The van der Waals surface area contributed by atoms with Gasteiger partial charge >= 0.3 is 11.9 Å². The third-order valence-electron chi connectivity index (χ3n) is 1.18. The molecule has 12 heavy (non-hydrogen) atoms. The maximum Gasteiger partial charge on any atom is 0.392 e. The third kappa shape index (κ3) is 2.27. The number of carbonyl (C=O) groups is 1. The van der Waals surface area contributed by atoms with Crippen molar-refractivity contribution in [1.82, 2.24) is 4.98 Å². The van der Waals surface area contributed by atoms with Gasteiger partial charge in [0, 0.05) is 0 Å². The van der Waals surface area contributed by atoms with Gasteiger partial charge in [-0.2, -0.15) is 11.8 Å². The lowest BCUT2D eigenvalue weighted by Crippen LogP contribution is -1.94. The van der Waals surface area contributed by atoms with Crippen molar-refractivity contribution in [2.45, 2.75) is 12.7 Å². The third-order valence-corrected chi connectivity index (χ3v) is 2.08. The molecule has 0 atom stereocenters. The molecule has 1 aromatic heterocycles. The first-order valence-electron chi connectivity index (χ1n) is 3.49. The van der Waals surface area contributed by atoms with E-state index in [2.05, 4.69) is 4.98 Å². The second kappa shape index (κ2) is 4.15. The van der Waals surface area contributed by atoms with Crippen molar-refractivity contribution in [3.8, 4) is 0 Å². The lowest BCUT2D eigenvalue weighted by Gasteiger charge is -1.90. The maximum absolute atomic E-state index is 10.3. The maximum atomic E-state index is 10.3. The number of carboxylic acids is 1. The summed E-state index contributed by atoms with van der Waals surface area (Å²) in [6, 6.07) is 0. The van der Waals surface area contributed by atoms with Crippen molar-refractivity contribution in [3.63, 3.8) is 0 Å². The average Bonchev–Trinajstić information content (AvgIpc) is 2.48. The molecule has 0 saturated carbocycles. The highest BCUT2D eigenvalue weighted by Crippen LogP contribution is 2.12. The summed E-state index contributed by atoms with van der Waals surface area (Å²) in [6.45, 7) is 2.03. The highest BCUT2D eigenvalue weighted by atomic mass is 32.2. The molecular weight excluding hydrogens is 178 g/mol. The van der Waals surface area contributed by atoms with Crippen LogP contribution in [0.1, 0.15) is 23.4 Å². The number of aromatic carboxylic acids is 1. The highest BCUT2D eigenvalue weighted by Gasteiger charge is 2.10. The van der Waals surface area contributed by atoms with Crippen LogP contribution in [0.15, 0.2) is 10.6 Å². The summed E-state index contributed by atoms with van der Waals surface area (Å²) in [5.41, 5.74) is 0. The largest absolute Gasteiger partial charge is 0.474 e. The Balaban J connectivity index is 2.58. The summed E-state index contributed by atoms with van der Waals surface area (Å²) in [5, 5.41) is 8.46. The predicted octanol–water partition coefficient (Wildman–Crippen LogP) is 1.63. The van der Waals surface area contributed by atoms with Crippen molar-refractivity contribution < 1.29 is 14.3 Å². The average molecular weight is 187 g/mol. The topological polar surface area (TPSA) is 63.3 Å². The Morgan fingerprint density at radius 3 is 3.08 bits per heavy atom. The number of nitrogens with zero attached hydrogens (tertiary/aromatic N) is 1. The van der Waals surface area contributed by atoms with Crippen LogP contribution in [0, 0.1) is 0 Å². The van der Waals surface area contributed by atoms with Gasteiger partial charge in [-0.25, -0.2) is 9.78 Å². The molecular formula is C7H9NO3S. The van der Waals surface area contributed by atoms with E-state index in [-0.39, 0.29) is 5.89 Å². The van der Waals surface area contributed by atoms with Crippen LogP contribution < -0.4 is 0 Å². The number of hydrogen-bond acceptors (Lipinski definition) is 4. The van der Waals surface area contributed by atoms with E-state index in [1.165, 1.54) is 6.20 Å². The minimum Gasteiger partial charge on any atom is -0.474 e. The van der Waals surface area contributed by atoms with Gasteiger partial charge < -0.3 is 9.52 Å². The molecule has 0 fully saturated rings. The van der Waals surface area contributed by atoms with Crippen LogP contribution in [0.5, 0.6) is 0 Å². The number of thioether (sulfide) groups is 1. The fourth-order valence-electron chi connectivity index (χ4n) is 0.676. The van der Waals surface area contributed by atoms with E-state index in [9.17, 15) is 4.79 Å². The van der Waals surface area contributed by atoms with Crippen LogP contribution in [-0.2, 0) is 5.75 Å². The van der Waals surface area contributed by atoms with Crippen molar-refractivity contribution in [1.29, 1.82) is 0 Å². The second-order valence-corrected chi connectivity index (χ2v) is 3.35. The summed E-state index contributed by atoms with van der Waals surface area (Å²) < 4.78 is 4.92. The molecule has 5 heteroatoms. The van der Waals surface area contributed by atoms with Crippen LogP contribution in [0.3, 0.4) is 0 Å². The van der Waals surface area contributed by atoms with Crippen LogP contribution >= 0.6 is 11.8 Å². The number of carboxylic acid groups (broad SMARTS) is 1. The first-order chi connectivity index (χ1) is 5.74. The molecule has 4 nitrogen and oxygen atoms in total. The molecule has 1 heterocycles. The monoisotopic (exact) mass is 187 g/mol. The Bertz CT molecular complexity index is 271. The molecule has 0 saturated heterocycles. The Morgan fingerprint density at radius 1 is 1.83 bits per heavy atom. The first kappa shape index (κ1) is 9.12. The molecule has 0 unspecified atom stereocenters. The molecule has 0 radical (unpaired) electrons. The Morgan fingerprint density at radius 2 is 2.58 bits per heavy atom. The molecule has 1 N–H and O–H groups in total. The summed E-state index contributed by atoms with van der Waals surface area (Å²) in [4.78, 5) is 13.9.